The normalized spacial score (nSPS) is 10.9. The summed E-state index contributed by atoms with van der Waals surface area (Å²) in [5.41, 5.74) is 3.77. The molecule has 0 bridgehead atoms. The molecule has 0 unspecified atom stereocenters. The second-order valence-corrected chi connectivity index (χ2v) is 8.21. The number of anilines is 1. The molecule has 164 valence electrons. The number of hydrogen-bond acceptors (Lipinski definition) is 4. The number of amides is 1. The van der Waals surface area contributed by atoms with E-state index >= 15 is 0 Å². The van der Waals surface area contributed by atoms with E-state index in [1.54, 1.807) is 30.3 Å². The topological polar surface area (TPSA) is 69.3 Å². The van der Waals surface area contributed by atoms with Crippen LogP contribution in [0.15, 0.2) is 65.1 Å². The summed E-state index contributed by atoms with van der Waals surface area (Å²) in [6, 6.07) is 17.9. The summed E-state index contributed by atoms with van der Waals surface area (Å²) in [7, 11) is 0. The Morgan fingerprint density at radius 3 is 2.69 bits per heavy atom. The third-order valence-corrected chi connectivity index (χ3v) is 5.30. The molecule has 2 aromatic heterocycles. The van der Waals surface area contributed by atoms with Crippen molar-refractivity contribution in [2.45, 2.75) is 27.0 Å². The van der Waals surface area contributed by atoms with Crippen LogP contribution in [0.2, 0.25) is 10.0 Å². The van der Waals surface area contributed by atoms with E-state index in [1.165, 1.54) is 0 Å². The summed E-state index contributed by atoms with van der Waals surface area (Å²) < 4.78 is 13.2. The van der Waals surface area contributed by atoms with Gasteiger partial charge in [-0.2, -0.15) is 5.10 Å². The zero-order chi connectivity index (χ0) is 22.7. The maximum Gasteiger partial charge on any atom is 0.291 e. The number of ether oxygens (including phenoxy) is 1. The van der Waals surface area contributed by atoms with E-state index in [0.29, 0.717) is 33.8 Å². The molecule has 6 nitrogen and oxygen atoms in total. The fourth-order valence-electron chi connectivity index (χ4n) is 3.27. The first-order valence-electron chi connectivity index (χ1n) is 9.95. The molecule has 1 N–H and O–H groups in total. The number of nitrogens with one attached hydrogen (secondary N) is 1. The van der Waals surface area contributed by atoms with Crippen LogP contribution >= 0.6 is 23.2 Å². The minimum Gasteiger partial charge on any atom is -0.484 e. The van der Waals surface area contributed by atoms with Gasteiger partial charge in [-0.25, -0.2) is 0 Å². The van der Waals surface area contributed by atoms with Gasteiger partial charge in [-0.1, -0.05) is 35.3 Å². The maximum atomic E-state index is 12.6. The molecule has 0 spiro atoms. The lowest BCUT2D eigenvalue weighted by molar-refractivity contribution is 0.0992. The van der Waals surface area contributed by atoms with Crippen molar-refractivity contribution < 1.29 is 13.9 Å². The third-order valence-electron chi connectivity index (χ3n) is 4.77. The summed E-state index contributed by atoms with van der Waals surface area (Å²) in [6.45, 7) is 4.74. The lowest BCUT2D eigenvalue weighted by Gasteiger charge is -2.08. The Balaban J connectivity index is 1.38. The van der Waals surface area contributed by atoms with E-state index in [0.717, 1.165) is 17.0 Å². The fourth-order valence-corrected chi connectivity index (χ4v) is 3.73. The first-order valence-corrected chi connectivity index (χ1v) is 10.7. The molecule has 1 amide bonds. The molecule has 0 radical (unpaired) electrons. The van der Waals surface area contributed by atoms with E-state index in [1.807, 2.05) is 48.9 Å². The molecule has 0 aliphatic heterocycles. The van der Waals surface area contributed by atoms with Gasteiger partial charge in [-0.15, -0.1) is 0 Å². The first-order chi connectivity index (χ1) is 15.4. The van der Waals surface area contributed by atoms with Crippen molar-refractivity contribution in [2.75, 3.05) is 5.32 Å². The van der Waals surface area contributed by atoms with Crippen molar-refractivity contribution in [3.63, 3.8) is 0 Å². The minimum absolute atomic E-state index is 0.132. The monoisotopic (exact) mass is 469 g/mol. The number of carbonyl (C=O) groups is 1. The lowest BCUT2D eigenvalue weighted by Crippen LogP contribution is -2.11. The molecule has 0 saturated carbocycles. The fraction of sp³-hybridized carbons (Fsp3) is 0.167. The van der Waals surface area contributed by atoms with Crippen LogP contribution in [-0.2, 0) is 13.2 Å². The molecule has 4 rings (SSSR count). The molecule has 0 atom stereocenters. The van der Waals surface area contributed by atoms with Crippen LogP contribution < -0.4 is 10.1 Å². The highest BCUT2D eigenvalue weighted by atomic mass is 35.5. The predicted molar refractivity (Wildman–Crippen MR) is 125 cm³/mol. The van der Waals surface area contributed by atoms with Crippen LogP contribution in [0.3, 0.4) is 0 Å². The van der Waals surface area contributed by atoms with Crippen LogP contribution in [-0.4, -0.2) is 15.7 Å². The van der Waals surface area contributed by atoms with Crippen molar-refractivity contribution in [1.82, 2.24) is 9.78 Å². The zero-order valence-corrected chi connectivity index (χ0v) is 19.1. The Bertz CT molecular complexity index is 1260. The Kier molecular flexibility index (Phi) is 6.53. The van der Waals surface area contributed by atoms with E-state index in [-0.39, 0.29) is 18.3 Å². The summed E-state index contributed by atoms with van der Waals surface area (Å²) in [5, 5.41) is 8.28. The number of carbonyl (C=O) groups excluding carboxylic acids is 1. The molecular formula is C24H21Cl2N3O3. The van der Waals surface area contributed by atoms with Gasteiger partial charge < -0.3 is 14.5 Å². The maximum absolute atomic E-state index is 12.6. The Hall–Kier alpha value is -3.22. The standard InChI is InChI=1S/C24H21Cl2N3O3/c1-15-10-16(2)29(28-15)13-17-4-3-5-19(11-17)27-24(30)23-9-7-20(32-23)14-31-22-8-6-18(25)12-21(22)26/h3-12H,13-14H2,1-2H3,(H,27,30). The van der Waals surface area contributed by atoms with E-state index in [4.69, 9.17) is 32.4 Å². The smallest absolute Gasteiger partial charge is 0.291 e. The molecule has 4 aromatic rings. The number of hydrogen-bond donors (Lipinski definition) is 1. The molecule has 2 heterocycles. The largest absolute Gasteiger partial charge is 0.484 e. The van der Waals surface area contributed by atoms with Crippen molar-refractivity contribution in [3.8, 4) is 5.75 Å². The van der Waals surface area contributed by atoms with Gasteiger partial charge in [0, 0.05) is 16.4 Å². The van der Waals surface area contributed by atoms with Gasteiger partial charge in [0.2, 0.25) is 0 Å². The molecule has 8 heteroatoms. The molecular weight excluding hydrogens is 449 g/mol. The molecule has 0 aliphatic rings. The molecule has 0 saturated heterocycles. The van der Waals surface area contributed by atoms with Crippen LogP contribution in [0.5, 0.6) is 5.75 Å². The van der Waals surface area contributed by atoms with Crippen LogP contribution in [0.1, 0.15) is 33.3 Å². The summed E-state index contributed by atoms with van der Waals surface area (Å²) in [6.07, 6.45) is 0. The van der Waals surface area contributed by atoms with Gasteiger partial charge in [0.1, 0.15) is 18.1 Å². The van der Waals surface area contributed by atoms with E-state index < -0.39 is 0 Å². The summed E-state index contributed by atoms with van der Waals surface area (Å²) in [5.74, 6) is 0.830. The summed E-state index contributed by atoms with van der Waals surface area (Å²) >= 11 is 12.0. The van der Waals surface area contributed by atoms with Crippen LogP contribution in [0, 0.1) is 13.8 Å². The van der Waals surface area contributed by atoms with Gasteiger partial charge in [0.15, 0.2) is 5.76 Å². The van der Waals surface area contributed by atoms with E-state index in [9.17, 15) is 4.79 Å². The zero-order valence-electron chi connectivity index (χ0n) is 17.6. The third kappa shape index (κ3) is 5.33. The Morgan fingerprint density at radius 2 is 1.94 bits per heavy atom. The molecule has 0 fully saturated rings. The van der Waals surface area contributed by atoms with Gasteiger partial charge in [-0.05, 0) is 67.9 Å². The second kappa shape index (κ2) is 9.51. The number of halogens is 2. The number of aromatic nitrogens is 2. The van der Waals surface area contributed by atoms with Crippen molar-refractivity contribution in [3.05, 3.63) is 99.2 Å². The SMILES string of the molecule is Cc1cc(C)n(Cc2cccc(NC(=O)c3ccc(COc4ccc(Cl)cc4Cl)o3)c2)n1. The number of rotatable bonds is 7. The van der Waals surface area contributed by atoms with Gasteiger partial charge in [0.25, 0.3) is 5.91 Å². The average molecular weight is 470 g/mol. The Labute approximate surface area is 195 Å². The number of benzene rings is 2. The quantitative estimate of drug-likeness (QED) is 0.345. The average Bonchev–Trinajstić information content (AvgIpc) is 3.34. The molecule has 32 heavy (non-hydrogen) atoms. The van der Waals surface area contributed by atoms with Crippen LogP contribution in [0.25, 0.3) is 0 Å². The van der Waals surface area contributed by atoms with Crippen LogP contribution in [0.4, 0.5) is 5.69 Å². The van der Waals surface area contributed by atoms with Gasteiger partial charge in [-0.3, -0.25) is 9.48 Å². The molecule has 2 aromatic carbocycles. The highest BCUT2D eigenvalue weighted by Crippen LogP contribution is 2.28. The number of nitrogens with zero attached hydrogens (tertiary/aromatic N) is 2. The first kappa shape index (κ1) is 22.0. The lowest BCUT2D eigenvalue weighted by atomic mass is 10.2. The predicted octanol–water partition coefficient (Wildman–Crippen LogP) is 6.28. The van der Waals surface area contributed by atoms with Gasteiger partial charge >= 0.3 is 0 Å². The van der Waals surface area contributed by atoms with Crippen molar-refractivity contribution in [2.24, 2.45) is 0 Å². The highest BCUT2D eigenvalue weighted by Gasteiger charge is 2.13. The summed E-state index contributed by atoms with van der Waals surface area (Å²) in [4.78, 5) is 12.6. The van der Waals surface area contributed by atoms with E-state index in [2.05, 4.69) is 10.4 Å². The van der Waals surface area contributed by atoms with Crippen molar-refractivity contribution >= 4 is 34.8 Å². The minimum atomic E-state index is -0.343. The Morgan fingerprint density at radius 1 is 1.09 bits per heavy atom. The second-order valence-electron chi connectivity index (χ2n) is 7.37. The van der Waals surface area contributed by atoms with Gasteiger partial charge in [0.05, 0.1) is 17.3 Å². The number of furan rings is 1. The highest BCUT2D eigenvalue weighted by molar-refractivity contribution is 6.35. The number of aryl methyl sites for hydroxylation is 2. The van der Waals surface area contributed by atoms with Crippen molar-refractivity contribution in [1.29, 1.82) is 0 Å². The molecule has 0 aliphatic carbocycles.